The Balaban J connectivity index is 1.70. The zero-order chi connectivity index (χ0) is 30.8. The van der Waals surface area contributed by atoms with Gasteiger partial charge in [0, 0.05) is 21.7 Å². The van der Waals surface area contributed by atoms with Gasteiger partial charge in [-0.3, -0.25) is 9.36 Å². The second kappa shape index (κ2) is 12.6. The number of aromatic carboxylic acids is 1. The van der Waals surface area contributed by atoms with Crippen LogP contribution in [0.3, 0.4) is 0 Å². The quantitative estimate of drug-likeness (QED) is 0.231. The van der Waals surface area contributed by atoms with Crippen LogP contribution in [0.15, 0.2) is 78.5 Å². The molecule has 4 aromatic rings. The highest BCUT2D eigenvalue weighted by molar-refractivity contribution is 9.10. The van der Waals surface area contributed by atoms with Gasteiger partial charge in [-0.2, -0.15) is 0 Å². The maximum absolute atomic E-state index is 14.1. The number of hydrogen-bond acceptors (Lipinski definition) is 8. The van der Waals surface area contributed by atoms with E-state index in [1.807, 2.05) is 19.1 Å². The van der Waals surface area contributed by atoms with E-state index >= 15 is 0 Å². The van der Waals surface area contributed by atoms with E-state index in [1.165, 1.54) is 15.9 Å². The molecule has 0 spiro atoms. The van der Waals surface area contributed by atoms with Crippen LogP contribution in [0.1, 0.15) is 60.0 Å². The zero-order valence-electron chi connectivity index (χ0n) is 24.0. The number of carboxylic acids is 1. The highest BCUT2D eigenvalue weighted by atomic mass is 79.9. The molecule has 2 aromatic heterocycles. The SMILES string of the molecule is CCCC1=C(C(=O)OCC)[C@@H](c2cc(Br)ccc2OC)n2c(s/c(=C/c3ccc(-c4cccc(C(=O)O)c4C)o3)c2=O)=N1. The number of carboxylic acid groups (broad SMARTS) is 1. The number of furan rings is 1. The van der Waals surface area contributed by atoms with Crippen LogP contribution < -0.4 is 19.6 Å². The Bertz CT molecular complexity index is 1950. The average Bonchev–Trinajstić information content (AvgIpc) is 3.56. The molecule has 1 atom stereocenters. The molecule has 9 nitrogen and oxygen atoms in total. The molecule has 222 valence electrons. The summed E-state index contributed by atoms with van der Waals surface area (Å²) in [4.78, 5) is 44.4. The summed E-state index contributed by atoms with van der Waals surface area (Å²) in [6, 6.07) is 13.1. The number of aromatic nitrogens is 1. The number of halogens is 1. The molecule has 0 bridgehead atoms. The Kier molecular flexibility index (Phi) is 8.84. The number of rotatable bonds is 9. The normalized spacial score (nSPS) is 14.8. The summed E-state index contributed by atoms with van der Waals surface area (Å²) >= 11 is 4.72. The van der Waals surface area contributed by atoms with Crippen molar-refractivity contribution in [3.63, 3.8) is 0 Å². The molecule has 1 N–H and O–H groups in total. The zero-order valence-corrected chi connectivity index (χ0v) is 26.4. The Hall–Kier alpha value is -4.22. The highest BCUT2D eigenvalue weighted by Crippen LogP contribution is 2.38. The minimum absolute atomic E-state index is 0.171. The summed E-state index contributed by atoms with van der Waals surface area (Å²) in [5, 5.41) is 9.51. The third-order valence-electron chi connectivity index (χ3n) is 7.11. The lowest BCUT2D eigenvalue weighted by molar-refractivity contribution is -0.139. The van der Waals surface area contributed by atoms with Crippen molar-refractivity contribution in [2.24, 2.45) is 4.99 Å². The van der Waals surface area contributed by atoms with E-state index in [2.05, 4.69) is 15.9 Å². The number of fused-ring (bicyclic) bond motifs is 1. The van der Waals surface area contributed by atoms with Crippen LogP contribution in [0, 0.1) is 6.92 Å². The van der Waals surface area contributed by atoms with Crippen molar-refractivity contribution in [2.45, 2.75) is 39.7 Å². The van der Waals surface area contributed by atoms with Gasteiger partial charge in [0.05, 0.1) is 35.1 Å². The van der Waals surface area contributed by atoms with Crippen LogP contribution in [0.4, 0.5) is 0 Å². The fraction of sp³-hybridized carbons (Fsp3) is 0.250. The van der Waals surface area contributed by atoms with Gasteiger partial charge in [0.2, 0.25) is 0 Å². The molecule has 1 aliphatic heterocycles. The van der Waals surface area contributed by atoms with Crippen LogP contribution in [0.2, 0.25) is 0 Å². The number of allylic oxidation sites excluding steroid dienone is 1. The maximum atomic E-state index is 14.1. The molecule has 1 aliphatic rings. The van der Waals surface area contributed by atoms with Gasteiger partial charge >= 0.3 is 11.9 Å². The van der Waals surface area contributed by atoms with Crippen molar-refractivity contribution in [2.75, 3.05) is 13.7 Å². The summed E-state index contributed by atoms with van der Waals surface area (Å²) in [5.41, 5.74) is 2.54. The number of methoxy groups -OCH3 is 1. The van der Waals surface area contributed by atoms with E-state index < -0.39 is 18.0 Å². The molecule has 0 radical (unpaired) electrons. The predicted molar refractivity (Wildman–Crippen MR) is 166 cm³/mol. The topological polar surface area (TPSA) is 120 Å². The van der Waals surface area contributed by atoms with Gasteiger partial charge in [0.15, 0.2) is 4.80 Å². The minimum Gasteiger partial charge on any atom is -0.496 e. The molecule has 43 heavy (non-hydrogen) atoms. The third-order valence-corrected chi connectivity index (χ3v) is 8.58. The van der Waals surface area contributed by atoms with Crippen LogP contribution >= 0.6 is 27.3 Å². The number of carbonyl (C=O) groups excluding carboxylic acids is 1. The molecular formula is C32H29BrN2O7S. The maximum Gasteiger partial charge on any atom is 0.338 e. The Labute approximate surface area is 259 Å². The molecular weight excluding hydrogens is 636 g/mol. The summed E-state index contributed by atoms with van der Waals surface area (Å²) in [5.74, 6) is -0.155. The average molecular weight is 666 g/mol. The van der Waals surface area contributed by atoms with Gasteiger partial charge in [-0.15, -0.1) is 0 Å². The van der Waals surface area contributed by atoms with Crippen molar-refractivity contribution >= 4 is 45.3 Å². The predicted octanol–water partition coefficient (Wildman–Crippen LogP) is 5.62. The first-order valence-corrected chi connectivity index (χ1v) is 15.3. The van der Waals surface area contributed by atoms with E-state index in [0.29, 0.717) is 61.0 Å². The lowest BCUT2D eigenvalue weighted by Crippen LogP contribution is -2.40. The molecule has 0 aliphatic carbocycles. The first-order chi connectivity index (χ1) is 20.7. The van der Waals surface area contributed by atoms with Gasteiger partial charge in [0.1, 0.15) is 23.3 Å². The molecule has 0 saturated carbocycles. The third kappa shape index (κ3) is 5.74. The lowest BCUT2D eigenvalue weighted by atomic mass is 9.93. The molecule has 5 rings (SSSR count). The second-order valence-corrected chi connectivity index (χ2v) is 11.7. The van der Waals surface area contributed by atoms with E-state index in [0.717, 1.165) is 10.9 Å². The fourth-order valence-corrected chi connectivity index (χ4v) is 6.55. The summed E-state index contributed by atoms with van der Waals surface area (Å²) < 4.78 is 19.8. The standard InChI is InChI=1S/C32H29BrN2O7S/c1-5-8-23-27(31(39)41-6-2)28(22-15-18(33)11-13-24(22)40-4)35-29(36)26(43-32(35)34-23)16-19-12-14-25(42-19)20-9-7-10-21(17(20)3)30(37)38/h7,9-16,28H,5-6,8H2,1-4H3,(H,37,38)/b26-16+/t28-/m1/s1. The molecule has 3 heterocycles. The number of hydrogen-bond donors (Lipinski definition) is 1. The van der Waals surface area contributed by atoms with Crippen LogP contribution in [0.25, 0.3) is 17.4 Å². The molecule has 2 aromatic carbocycles. The van der Waals surface area contributed by atoms with E-state index in [4.69, 9.17) is 18.9 Å². The Morgan fingerprint density at radius 1 is 1.19 bits per heavy atom. The number of nitrogens with zero attached hydrogens (tertiary/aromatic N) is 2. The van der Waals surface area contributed by atoms with Crippen molar-refractivity contribution in [1.29, 1.82) is 0 Å². The highest BCUT2D eigenvalue weighted by Gasteiger charge is 2.36. The van der Waals surface area contributed by atoms with Crippen molar-refractivity contribution in [3.8, 4) is 17.1 Å². The van der Waals surface area contributed by atoms with Crippen LogP contribution in [-0.4, -0.2) is 35.3 Å². The number of benzene rings is 2. The Morgan fingerprint density at radius 3 is 2.67 bits per heavy atom. The lowest BCUT2D eigenvalue weighted by Gasteiger charge is -2.27. The number of ether oxygens (including phenoxy) is 2. The number of thiazole rings is 1. The van der Waals surface area contributed by atoms with Crippen LogP contribution in [0.5, 0.6) is 5.75 Å². The summed E-state index contributed by atoms with van der Waals surface area (Å²) in [6.07, 6.45) is 2.88. The van der Waals surface area contributed by atoms with Crippen molar-refractivity contribution < 1.29 is 28.6 Å². The molecule has 0 amide bonds. The smallest absolute Gasteiger partial charge is 0.338 e. The molecule has 0 unspecified atom stereocenters. The van der Waals surface area contributed by atoms with Gasteiger partial charge in [-0.25, -0.2) is 14.6 Å². The van der Waals surface area contributed by atoms with E-state index in [-0.39, 0.29) is 17.7 Å². The first kappa shape index (κ1) is 30.2. The van der Waals surface area contributed by atoms with Crippen molar-refractivity contribution in [3.05, 3.63) is 106 Å². The monoisotopic (exact) mass is 664 g/mol. The molecule has 11 heteroatoms. The van der Waals surface area contributed by atoms with Crippen LogP contribution in [-0.2, 0) is 9.53 Å². The van der Waals surface area contributed by atoms with Crippen molar-refractivity contribution in [1.82, 2.24) is 4.57 Å². The summed E-state index contributed by atoms with van der Waals surface area (Å²) in [6.45, 7) is 5.63. The van der Waals surface area contributed by atoms with Gasteiger partial charge in [0.25, 0.3) is 5.56 Å². The minimum atomic E-state index is -1.02. The van der Waals surface area contributed by atoms with E-state index in [9.17, 15) is 19.5 Å². The number of esters is 1. The number of carbonyl (C=O) groups is 2. The van der Waals surface area contributed by atoms with Gasteiger partial charge < -0.3 is 19.0 Å². The first-order valence-electron chi connectivity index (χ1n) is 13.7. The second-order valence-electron chi connectivity index (χ2n) is 9.79. The largest absolute Gasteiger partial charge is 0.496 e. The summed E-state index contributed by atoms with van der Waals surface area (Å²) in [7, 11) is 1.54. The molecule has 0 fully saturated rings. The van der Waals surface area contributed by atoms with Gasteiger partial charge in [-0.1, -0.05) is 52.7 Å². The van der Waals surface area contributed by atoms with E-state index in [1.54, 1.807) is 63.4 Å². The molecule has 0 saturated heterocycles. The fourth-order valence-electron chi connectivity index (χ4n) is 5.17. The Morgan fingerprint density at radius 2 is 1.98 bits per heavy atom. The van der Waals surface area contributed by atoms with Gasteiger partial charge in [-0.05, 0) is 62.2 Å².